The number of unbranched alkanes of at least 4 members (excludes halogenated alkanes) is 1. The Morgan fingerprint density at radius 1 is 1.19 bits per heavy atom. The van der Waals surface area contributed by atoms with E-state index in [2.05, 4.69) is 21.9 Å². The van der Waals surface area contributed by atoms with E-state index in [1.807, 2.05) is 20.2 Å². The molecule has 0 fully saturated rings. The van der Waals surface area contributed by atoms with E-state index in [1.165, 1.54) is 11.3 Å². The van der Waals surface area contributed by atoms with Crippen LogP contribution in [-0.4, -0.2) is 53.6 Å². The largest absolute Gasteiger partial charge is 0.317 e. The Morgan fingerprint density at radius 3 is 2.62 bits per heavy atom. The predicted molar refractivity (Wildman–Crippen MR) is 89.5 cm³/mol. The maximum atomic E-state index is 12.1. The van der Waals surface area contributed by atoms with E-state index in [0.717, 1.165) is 43.8 Å². The molecule has 0 spiro atoms. The zero-order valence-electron chi connectivity index (χ0n) is 13.2. The molecule has 0 aromatic carbocycles. The van der Waals surface area contributed by atoms with Gasteiger partial charge in [0.1, 0.15) is 4.21 Å². The van der Waals surface area contributed by atoms with Gasteiger partial charge in [0.15, 0.2) is 0 Å². The second-order valence-corrected chi connectivity index (χ2v) is 8.39. The average molecular weight is 334 g/mol. The summed E-state index contributed by atoms with van der Waals surface area (Å²) in [6, 6.07) is 3.61. The van der Waals surface area contributed by atoms with Gasteiger partial charge in [-0.2, -0.15) is 0 Å². The first-order valence-corrected chi connectivity index (χ1v) is 9.69. The zero-order chi connectivity index (χ0) is 15.7. The number of hydrogen-bond donors (Lipinski definition) is 2. The van der Waals surface area contributed by atoms with E-state index in [-0.39, 0.29) is 0 Å². The molecule has 1 aromatic rings. The van der Waals surface area contributed by atoms with Crippen molar-refractivity contribution >= 4 is 21.4 Å². The predicted octanol–water partition coefficient (Wildman–Crippen LogP) is 1.52. The Bertz CT molecular complexity index is 498. The maximum Gasteiger partial charge on any atom is 0.250 e. The smallest absolute Gasteiger partial charge is 0.250 e. The molecule has 0 saturated carbocycles. The highest BCUT2D eigenvalue weighted by Crippen LogP contribution is 2.21. The molecule has 7 heteroatoms. The zero-order valence-corrected chi connectivity index (χ0v) is 14.8. The van der Waals surface area contributed by atoms with Crippen LogP contribution in [-0.2, 0) is 16.4 Å². The Kier molecular flexibility index (Phi) is 8.43. The molecule has 1 rings (SSSR count). The molecule has 21 heavy (non-hydrogen) atoms. The van der Waals surface area contributed by atoms with Crippen molar-refractivity contribution in [3.8, 4) is 0 Å². The summed E-state index contributed by atoms with van der Waals surface area (Å²) >= 11 is 1.36. The SMILES string of the molecule is CCNCCc1ccc(S(=O)(=O)NCCCCN(C)C)s1. The van der Waals surface area contributed by atoms with Crippen LogP contribution in [0.5, 0.6) is 0 Å². The van der Waals surface area contributed by atoms with E-state index in [4.69, 9.17) is 0 Å². The molecular formula is C14H27N3O2S2. The van der Waals surface area contributed by atoms with Crippen LogP contribution in [0, 0.1) is 0 Å². The van der Waals surface area contributed by atoms with Crippen LogP contribution in [0.2, 0.25) is 0 Å². The van der Waals surface area contributed by atoms with Crippen molar-refractivity contribution in [2.45, 2.75) is 30.4 Å². The van der Waals surface area contributed by atoms with Crippen LogP contribution < -0.4 is 10.0 Å². The molecule has 122 valence electrons. The van der Waals surface area contributed by atoms with Crippen molar-refractivity contribution in [3.63, 3.8) is 0 Å². The Labute approximate surface area is 132 Å². The fourth-order valence-electron chi connectivity index (χ4n) is 1.86. The number of likely N-dealkylation sites (N-methyl/N-ethyl adjacent to an activating group) is 1. The highest BCUT2D eigenvalue weighted by molar-refractivity contribution is 7.91. The van der Waals surface area contributed by atoms with Gasteiger partial charge in [-0.25, -0.2) is 13.1 Å². The average Bonchev–Trinajstić information content (AvgIpc) is 2.88. The number of hydrogen-bond acceptors (Lipinski definition) is 5. The maximum absolute atomic E-state index is 12.1. The summed E-state index contributed by atoms with van der Waals surface area (Å²) < 4.78 is 27.4. The molecule has 0 amide bonds. The fraction of sp³-hybridized carbons (Fsp3) is 0.714. The van der Waals surface area contributed by atoms with Gasteiger partial charge in [-0.15, -0.1) is 11.3 Å². The van der Waals surface area contributed by atoms with E-state index in [1.54, 1.807) is 6.07 Å². The third kappa shape index (κ3) is 7.37. The highest BCUT2D eigenvalue weighted by Gasteiger charge is 2.15. The van der Waals surface area contributed by atoms with Crippen molar-refractivity contribution in [2.75, 3.05) is 40.3 Å². The fourth-order valence-corrected chi connectivity index (χ4v) is 4.33. The van der Waals surface area contributed by atoms with Crippen molar-refractivity contribution < 1.29 is 8.42 Å². The number of nitrogens with zero attached hydrogens (tertiary/aromatic N) is 1. The molecule has 0 atom stereocenters. The Balaban J connectivity index is 2.39. The van der Waals surface area contributed by atoms with Crippen LogP contribution in [0.4, 0.5) is 0 Å². The van der Waals surface area contributed by atoms with Gasteiger partial charge in [-0.3, -0.25) is 0 Å². The molecule has 0 saturated heterocycles. The minimum Gasteiger partial charge on any atom is -0.317 e. The lowest BCUT2D eigenvalue weighted by Crippen LogP contribution is -2.24. The van der Waals surface area contributed by atoms with Gasteiger partial charge < -0.3 is 10.2 Å². The quantitative estimate of drug-likeness (QED) is 0.603. The first-order valence-electron chi connectivity index (χ1n) is 7.39. The van der Waals surface area contributed by atoms with Gasteiger partial charge in [-0.1, -0.05) is 6.92 Å². The number of rotatable bonds is 11. The van der Waals surface area contributed by atoms with Gasteiger partial charge in [0.2, 0.25) is 10.0 Å². The third-order valence-electron chi connectivity index (χ3n) is 3.02. The van der Waals surface area contributed by atoms with Gasteiger partial charge in [0, 0.05) is 11.4 Å². The topological polar surface area (TPSA) is 61.4 Å². The molecule has 1 heterocycles. The first-order chi connectivity index (χ1) is 9.95. The molecule has 1 aromatic heterocycles. The van der Waals surface area contributed by atoms with E-state index >= 15 is 0 Å². The summed E-state index contributed by atoms with van der Waals surface area (Å²) in [7, 11) is 0.701. The Morgan fingerprint density at radius 2 is 1.95 bits per heavy atom. The third-order valence-corrected chi connectivity index (χ3v) is 6.12. The Hall–Kier alpha value is -0.470. The van der Waals surface area contributed by atoms with Crippen molar-refractivity contribution in [2.24, 2.45) is 0 Å². The number of nitrogens with one attached hydrogen (secondary N) is 2. The summed E-state index contributed by atoms with van der Waals surface area (Å²) in [6.45, 7) is 5.36. The normalized spacial score (nSPS) is 12.2. The summed E-state index contributed by atoms with van der Waals surface area (Å²) in [6.07, 6.45) is 2.72. The molecule has 0 unspecified atom stereocenters. The summed E-state index contributed by atoms with van der Waals surface area (Å²) in [5.74, 6) is 0. The van der Waals surface area contributed by atoms with Crippen LogP contribution >= 0.6 is 11.3 Å². The molecule has 0 radical (unpaired) electrons. The van der Waals surface area contributed by atoms with Gasteiger partial charge >= 0.3 is 0 Å². The molecule has 2 N–H and O–H groups in total. The highest BCUT2D eigenvalue weighted by atomic mass is 32.2. The molecule has 0 aliphatic heterocycles. The summed E-state index contributed by atoms with van der Waals surface area (Å²) in [4.78, 5) is 3.20. The molecular weight excluding hydrogens is 306 g/mol. The van der Waals surface area contributed by atoms with Crippen molar-refractivity contribution in [3.05, 3.63) is 17.0 Å². The lowest BCUT2D eigenvalue weighted by atomic mass is 10.3. The standard InChI is InChI=1S/C14H27N3O2S2/c1-4-15-11-9-13-7-8-14(20-13)21(18,19)16-10-5-6-12-17(2)3/h7-8,15-16H,4-6,9-12H2,1-3H3. The molecule has 0 aliphatic rings. The second-order valence-electron chi connectivity index (χ2n) is 5.23. The lowest BCUT2D eigenvalue weighted by Gasteiger charge is -2.09. The first kappa shape index (κ1) is 18.6. The molecule has 0 aliphatic carbocycles. The lowest BCUT2D eigenvalue weighted by molar-refractivity contribution is 0.394. The summed E-state index contributed by atoms with van der Waals surface area (Å²) in [5, 5.41) is 3.24. The monoisotopic (exact) mass is 333 g/mol. The van der Waals surface area contributed by atoms with Crippen LogP contribution in [0.15, 0.2) is 16.3 Å². The van der Waals surface area contributed by atoms with Crippen LogP contribution in [0.3, 0.4) is 0 Å². The molecule has 5 nitrogen and oxygen atoms in total. The van der Waals surface area contributed by atoms with E-state index in [9.17, 15) is 8.42 Å². The van der Waals surface area contributed by atoms with Gasteiger partial charge in [-0.05, 0) is 65.1 Å². The van der Waals surface area contributed by atoms with Crippen molar-refractivity contribution in [1.29, 1.82) is 0 Å². The van der Waals surface area contributed by atoms with Crippen LogP contribution in [0.25, 0.3) is 0 Å². The van der Waals surface area contributed by atoms with Gasteiger partial charge in [0.05, 0.1) is 0 Å². The van der Waals surface area contributed by atoms with E-state index in [0.29, 0.717) is 10.8 Å². The van der Waals surface area contributed by atoms with Crippen molar-refractivity contribution in [1.82, 2.24) is 14.9 Å². The number of sulfonamides is 1. The van der Waals surface area contributed by atoms with E-state index < -0.39 is 10.0 Å². The minimum atomic E-state index is -3.34. The van der Waals surface area contributed by atoms with Gasteiger partial charge in [0.25, 0.3) is 0 Å². The minimum absolute atomic E-state index is 0.418. The second kappa shape index (κ2) is 9.53. The molecule has 0 bridgehead atoms. The summed E-state index contributed by atoms with van der Waals surface area (Å²) in [5.41, 5.74) is 0. The van der Waals surface area contributed by atoms with Crippen LogP contribution in [0.1, 0.15) is 24.6 Å². The number of thiophene rings is 1.